The molecule has 2 atom stereocenters. The summed E-state index contributed by atoms with van der Waals surface area (Å²) in [5.41, 5.74) is 4.13. The lowest BCUT2D eigenvalue weighted by molar-refractivity contribution is 0.168. The van der Waals surface area contributed by atoms with Crippen molar-refractivity contribution in [2.24, 2.45) is 0 Å². The smallest absolute Gasteiger partial charge is 0.0292 e. The van der Waals surface area contributed by atoms with E-state index in [1.807, 2.05) is 0 Å². The Bertz CT molecular complexity index is 401. The predicted octanol–water partition coefficient (Wildman–Crippen LogP) is 3.83. The summed E-state index contributed by atoms with van der Waals surface area (Å²) in [7, 11) is 0. The molecule has 2 unspecified atom stereocenters. The molecule has 0 spiro atoms. The van der Waals surface area contributed by atoms with Gasteiger partial charge in [0.2, 0.25) is 0 Å². The average molecular weight is 274 g/mol. The molecular weight excluding hydrogens is 244 g/mol. The molecule has 0 aliphatic carbocycles. The van der Waals surface area contributed by atoms with E-state index in [0.717, 1.165) is 6.54 Å². The largest absolute Gasteiger partial charge is 0.309 e. The fourth-order valence-corrected chi connectivity index (χ4v) is 3.21. The van der Waals surface area contributed by atoms with Crippen molar-refractivity contribution >= 4 is 0 Å². The summed E-state index contributed by atoms with van der Waals surface area (Å²) >= 11 is 0. The molecule has 1 aromatic carbocycles. The van der Waals surface area contributed by atoms with Crippen molar-refractivity contribution in [1.29, 1.82) is 0 Å². The van der Waals surface area contributed by atoms with Crippen LogP contribution in [0.4, 0.5) is 0 Å². The third-order valence-corrected chi connectivity index (χ3v) is 4.48. The van der Waals surface area contributed by atoms with Crippen LogP contribution in [-0.2, 0) is 0 Å². The van der Waals surface area contributed by atoms with E-state index < -0.39 is 0 Å². The minimum absolute atomic E-state index is 0.431. The van der Waals surface area contributed by atoms with Gasteiger partial charge in [0, 0.05) is 18.6 Å². The normalized spacial score (nSPS) is 19.8. The number of hydrogen-bond donors (Lipinski definition) is 1. The number of likely N-dealkylation sites (tertiary alicyclic amines) is 1. The standard InChI is InChI=1S/C18H30N2/c1-14-10-15(2)12-18(11-14)17(4)19-13-16(3)20-8-6-5-7-9-20/h10-12,16-17,19H,5-9,13H2,1-4H3. The van der Waals surface area contributed by atoms with Crippen LogP contribution in [0.3, 0.4) is 0 Å². The van der Waals surface area contributed by atoms with Gasteiger partial charge in [-0.2, -0.15) is 0 Å². The van der Waals surface area contributed by atoms with Crippen LogP contribution in [0.15, 0.2) is 18.2 Å². The highest BCUT2D eigenvalue weighted by molar-refractivity contribution is 5.30. The molecular formula is C18H30N2. The maximum Gasteiger partial charge on any atom is 0.0292 e. The van der Waals surface area contributed by atoms with Crippen molar-refractivity contribution in [2.45, 2.75) is 59.0 Å². The molecule has 1 fully saturated rings. The van der Waals surface area contributed by atoms with Gasteiger partial charge in [-0.1, -0.05) is 35.7 Å². The summed E-state index contributed by atoms with van der Waals surface area (Å²) < 4.78 is 0. The van der Waals surface area contributed by atoms with Gasteiger partial charge in [0.15, 0.2) is 0 Å². The van der Waals surface area contributed by atoms with Gasteiger partial charge >= 0.3 is 0 Å². The Morgan fingerprint density at radius 1 is 1.00 bits per heavy atom. The van der Waals surface area contributed by atoms with Crippen LogP contribution >= 0.6 is 0 Å². The number of piperidine rings is 1. The number of benzene rings is 1. The van der Waals surface area contributed by atoms with Crippen molar-refractivity contribution in [3.63, 3.8) is 0 Å². The van der Waals surface area contributed by atoms with E-state index in [-0.39, 0.29) is 0 Å². The highest BCUT2D eigenvalue weighted by atomic mass is 15.2. The molecule has 2 heteroatoms. The first-order valence-corrected chi connectivity index (χ1v) is 8.12. The van der Waals surface area contributed by atoms with Crippen molar-refractivity contribution in [2.75, 3.05) is 19.6 Å². The maximum atomic E-state index is 3.71. The third kappa shape index (κ3) is 4.32. The summed E-state index contributed by atoms with van der Waals surface area (Å²) in [6.07, 6.45) is 4.16. The number of nitrogens with zero attached hydrogens (tertiary/aromatic N) is 1. The van der Waals surface area contributed by atoms with Crippen LogP contribution in [0.25, 0.3) is 0 Å². The fraction of sp³-hybridized carbons (Fsp3) is 0.667. The minimum atomic E-state index is 0.431. The fourth-order valence-electron chi connectivity index (χ4n) is 3.21. The first kappa shape index (κ1) is 15.5. The van der Waals surface area contributed by atoms with Crippen LogP contribution in [0.1, 0.15) is 55.8 Å². The van der Waals surface area contributed by atoms with Crippen molar-refractivity contribution in [3.8, 4) is 0 Å². The molecule has 1 aromatic rings. The molecule has 0 radical (unpaired) electrons. The molecule has 1 aliphatic rings. The second-order valence-electron chi connectivity index (χ2n) is 6.50. The number of rotatable bonds is 5. The Morgan fingerprint density at radius 2 is 1.60 bits per heavy atom. The van der Waals surface area contributed by atoms with Gasteiger partial charge < -0.3 is 5.32 Å². The van der Waals surface area contributed by atoms with Gasteiger partial charge in [0.05, 0.1) is 0 Å². The first-order valence-electron chi connectivity index (χ1n) is 8.12. The van der Waals surface area contributed by atoms with Gasteiger partial charge in [-0.15, -0.1) is 0 Å². The molecule has 2 nitrogen and oxygen atoms in total. The summed E-state index contributed by atoms with van der Waals surface area (Å²) in [6.45, 7) is 12.6. The number of aryl methyl sites for hydroxylation is 2. The van der Waals surface area contributed by atoms with Crippen molar-refractivity contribution < 1.29 is 0 Å². The second kappa shape index (κ2) is 7.24. The van der Waals surface area contributed by atoms with E-state index in [0.29, 0.717) is 12.1 Å². The van der Waals surface area contributed by atoms with E-state index in [1.54, 1.807) is 0 Å². The molecule has 2 rings (SSSR count). The van der Waals surface area contributed by atoms with Gasteiger partial charge in [-0.25, -0.2) is 0 Å². The number of nitrogens with one attached hydrogen (secondary N) is 1. The second-order valence-corrected chi connectivity index (χ2v) is 6.50. The van der Waals surface area contributed by atoms with Crippen LogP contribution < -0.4 is 5.32 Å². The Labute approximate surface area is 124 Å². The third-order valence-electron chi connectivity index (χ3n) is 4.48. The van der Waals surface area contributed by atoms with E-state index in [1.165, 1.54) is 49.0 Å². The summed E-state index contributed by atoms with van der Waals surface area (Å²) in [4.78, 5) is 2.63. The molecule has 112 valence electrons. The molecule has 20 heavy (non-hydrogen) atoms. The van der Waals surface area contributed by atoms with E-state index in [4.69, 9.17) is 0 Å². The molecule has 1 heterocycles. The van der Waals surface area contributed by atoms with Crippen molar-refractivity contribution in [3.05, 3.63) is 34.9 Å². The lowest BCUT2D eigenvalue weighted by atomic mass is 10.0. The Hall–Kier alpha value is -0.860. The van der Waals surface area contributed by atoms with Crippen LogP contribution in [0.5, 0.6) is 0 Å². The average Bonchev–Trinajstić information content (AvgIpc) is 2.44. The van der Waals surface area contributed by atoms with E-state index in [2.05, 4.69) is 56.1 Å². The van der Waals surface area contributed by atoms with E-state index >= 15 is 0 Å². The van der Waals surface area contributed by atoms with Gasteiger partial charge in [0.25, 0.3) is 0 Å². The lowest BCUT2D eigenvalue weighted by Crippen LogP contribution is -2.43. The molecule has 1 N–H and O–H groups in total. The van der Waals surface area contributed by atoms with E-state index in [9.17, 15) is 0 Å². The molecule has 0 saturated carbocycles. The topological polar surface area (TPSA) is 15.3 Å². The zero-order chi connectivity index (χ0) is 14.5. The molecule has 1 saturated heterocycles. The number of hydrogen-bond acceptors (Lipinski definition) is 2. The summed E-state index contributed by atoms with van der Waals surface area (Å²) in [6, 6.07) is 7.92. The monoisotopic (exact) mass is 274 g/mol. The first-order chi connectivity index (χ1) is 9.56. The zero-order valence-electron chi connectivity index (χ0n) is 13.6. The van der Waals surface area contributed by atoms with Gasteiger partial charge in [-0.3, -0.25) is 4.90 Å². The van der Waals surface area contributed by atoms with Crippen LogP contribution in [0.2, 0.25) is 0 Å². The van der Waals surface area contributed by atoms with Crippen molar-refractivity contribution in [1.82, 2.24) is 10.2 Å². The Kier molecular flexibility index (Phi) is 5.62. The van der Waals surface area contributed by atoms with Gasteiger partial charge in [-0.05, 0) is 59.2 Å². The highest BCUT2D eigenvalue weighted by Gasteiger charge is 2.17. The minimum Gasteiger partial charge on any atom is -0.309 e. The predicted molar refractivity (Wildman–Crippen MR) is 87.2 cm³/mol. The van der Waals surface area contributed by atoms with Crippen LogP contribution in [-0.4, -0.2) is 30.6 Å². The zero-order valence-corrected chi connectivity index (χ0v) is 13.6. The summed E-state index contributed by atoms with van der Waals surface area (Å²) in [5.74, 6) is 0. The molecule has 0 amide bonds. The van der Waals surface area contributed by atoms with Gasteiger partial charge in [0.1, 0.15) is 0 Å². The quantitative estimate of drug-likeness (QED) is 0.878. The summed E-state index contributed by atoms with van der Waals surface area (Å²) in [5, 5.41) is 3.71. The molecule has 1 aliphatic heterocycles. The Morgan fingerprint density at radius 3 is 2.20 bits per heavy atom. The molecule has 0 aromatic heterocycles. The highest BCUT2D eigenvalue weighted by Crippen LogP contribution is 2.17. The SMILES string of the molecule is Cc1cc(C)cc(C(C)NCC(C)N2CCCCC2)c1. The van der Waals surface area contributed by atoms with Crippen LogP contribution in [0, 0.1) is 13.8 Å². The molecule has 0 bridgehead atoms. The maximum absolute atomic E-state index is 3.71. The Balaban J connectivity index is 1.86. The lowest BCUT2D eigenvalue weighted by Gasteiger charge is -2.33.